The van der Waals surface area contributed by atoms with Crippen LogP contribution in [-0.4, -0.2) is 40.0 Å². The predicted octanol–water partition coefficient (Wildman–Crippen LogP) is 1.36. The first-order valence-electron chi connectivity index (χ1n) is 7.00. The van der Waals surface area contributed by atoms with Crippen molar-refractivity contribution in [1.82, 2.24) is 20.2 Å². The molecule has 7 heteroatoms. The third kappa shape index (κ3) is 2.69. The van der Waals surface area contributed by atoms with Gasteiger partial charge in [-0.2, -0.15) is 0 Å². The summed E-state index contributed by atoms with van der Waals surface area (Å²) in [6, 6.07) is 5.45. The van der Waals surface area contributed by atoms with Crippen LogP contribution >= 0.6 is 0 Å². The van der Waals surface area contributed by atoms with E-state index in [2.05, 4.69) is 22.4 Å². The van der Waals surface area contributed by atoms with Gasteiger partial charge >= 0.3 is 0 Å². The zero-order chi connectivity index (χ0) is 14.8. The molecule has 3 rings (SSSR count). The molecular formula is C14H19N5O2. The van der Waals surface area contributed by atoms with Crippen LogP contribution in [0, 0.1) is 5.92 Å². The maximum atomic E-state index is 5.87. The Morgan fingerprint density at radius 1 is 1.48 bits per heavy atom. The minimum atomic E-state index is 0.227. The Hall–Kier alpha value is -2.15. The lowest BCUT2D eigenvalue weighted by Gasteiger charge is -2.15. The Kier molecular flexibility index (Phi) is 3.74. The molecule has 0 radical (unpaired) electrons. The molecule has 2 N–H and O–H groups in total. The van der Waals surface area contributed by atoms with E-state index in [1.165, 1.54) is 0 Å². The van der Waals surface area contributed by atoms with Gasteiger partial charge in [-0.15, -0.1) is 5.10 Å². The van der Waals surface area contributed by atoms with Crippen LogP contribution in [0.15, 0.2) is 18.2 Å². The van der Waals surface area contributed by atoms with E-state index >= 15 is 0 Å². The zero-order valence-electron chi connectivity index (χ0n) is 12.2. The monoisotopic (exact) mass is 289 g/mol. The SMILES string of the molecule is COc1ccc(N)cc1-c1nnnn1CC1CCOC1C. The number of nitrogens with zero attached hydrogens (tertiary/aromatic N) is 4. The van der Waals surface area contributed by atoms with Crippen molar-refractivity contribution in [3.8, 4) is 17.1 Å². The molecule has 0 amide bonds. The van der Waals surface area contributed by atoms with Crippen molar-refractivity contribution in [2.24, 2.45) is 5.92 Å². The molecule has 112 valence electrons. The molecular weight excluding hydrogens is 270 g/mol. The fraction of sp³-hybridized carbons (Fsp3) is 0.500. The molecule has 0 aliphatic carbocycles. The van der Waals surface area contributed by atoms with Gasteiger partial charge in [0.15, 0.2) is 5.82 Å². The summed E-state index contributed by atoms with van der Waals surface area (Å²) >= 11 is 0. The van der Waals surface area contributed by atoms with Gasteiger partial charge in [-0.25, -0.2) is 4.68 Å². The zero-order valence-corrected chi connectivity index (χ0v) is 12.2. The Morgan fingerprint density at radius 3 is 3.05 bits per heavy atom. The second-order valence-electron chi connectivity index (χ2n) is 5.27. The fourth-order valence-corrected chi connectivity index (χ4v) is 2.66. The summed E-state index contributed by atoms with van der Waals surface area (Å²) in [6.45, 7) is 3.61. The first kappa shape index (κ1) is 13.8. The lowest BCUT2D eigenvalue weighted by atomic mass is 10.0. The molecule has 1 aromatic heterocycles. The highest BCUT2D eigenvalue weighted by molar-refractivity contribution is 5.68. The summed E-state index contributed by atoms with van der Waals surface area (Å²) in [5.74, 6) is 1.79. The molecule has 2 atom stereocenters. The Balaban J connectivity index is 1.93. The van der Waals surface area contributed by atoms with Crippen LogP contribution in [0.2, 0.25) is 0 Å². The molecule has 1 aromatic carbocycles. The normalized spacial score (nSPS) is 21.6. The Labute approximate surface area is 123 Å². The van der Waals surface area contributed by atoms with Crippen LogP contribution in [0.4, 0.5) is 5.69 Å². The van der Waals surface area contributed by atoms with Crippen molar-refractivity contribution in [3.63, 3.8) is 0 Å². The van der Waals surface area contributed by atoms with E-state index < -0.39 is 0 Å². The maximum Gasteiger partial charge on any atom is 0.185 e. The molecule has 2 heterocycles. The van der Waals surface area contributed by atoms with Crippen LogP contribution in [0.3, 0.4) is 0 Å². The summed E-state index contributed by atoms with van der Waals surface area (Å²) < 4.78 is 12.8. The number of tetrazole rings is 1. The quantitative estimate of drug-likeness (QED) is 0.855. The van der Waals surface area contributed by atoms with Crippen molar-refractivity contribution >= 4 is 5.69 Å². The van der Waals surface area contributed by atoms with E-state index in [0.29, 0.717) is 23.2 Å². The molecule has 0 bridgehead atoms. The van der Waals surface area contributed by atoms with Gasteiger partial charge < -0.3 is 15.2 Å². The van der Waals surface area contributed by atoms with Gasteiger partial charge in [-0.3, -0.25) is 0 Å². The standard InChI is InChI=1S/C14H19N5O2/c1-9-10(5-6-21-9)8-19-14(16-17-18-19)12-7-11(15)3-4-13(12)20-2/h3-4,7,9-10H,5-6,8,15H2,1-2H3. The topological polar surface area (TPSA) is 88.1 Å². The van der Waals surface area contributed by atoms with Gasteiger partial charge in [-0.05, 0) is 42.0 Å². The molecule has 2 aromatic rings. The van der Waals surface area contributed by atoms with Gasteiger partial charge in [0.05, 0.1) is 25.3 Å². The smallest absolute Gasteiger partial charge is 0.185 e. The van der Waals surface area contributed by atoms with E-state index in [4.69, 9.17) is 15.2 Å². The first-order chi connectivity index (χ1) is 10.2. The number of methoxy groups -OCH3 is 1. The van der Waals surface area contributed by atoms with E-state index in [0.717, 1.165) is 25.1 Å². The van der Waals surface area contributed by atoms with Crippen LogP contribution < -0.4 is 10.5 Å². The number of ether oxygens (including phenoxy) is 2. The minimum Gasteiger partial charge on any atom is -0.496 e. The molecule has 7 nitrogen and oxygen atoms in total. The first-order valence-corrected chi connectivity index (χ1v) is 7.00. The molecule has 0 spiro atoms. The summed E-state index contributed by atoms with van der Waals surface area (Å²) in [5.41, 5.74) is 7.32. The van der Waals surface area contributed by atoms with Crippen molar-refractivity contribution in [1.29, 1.82) is 0 Å². The molecule has 1 fully saturated rings. The molecule has 1 aliphatic rings. The van der Waals surface area contributed by atoms with Crippen molar-refractivity contribution in [3.05, 3.63) is 18.2 Å². The van der Waals surface area contributed by atoms with Gasteiger partial charge in [0.25, 0.3) is 0 Å². The van der Waals surface area contributed by atoms with Crippen molar-refractivity contribution in [2.45, 2.75) is 26.0 Å². The highest BCUT2D eigenvalue weighted by atomic mass is 16.5. The van der Waals surface area contributed by atoms with Crippen LogP contribution in [0.1, 0.15) is 13.3 Å². The highest BCUT2D eigenvalue weighted by Crippen LogP contribution is 2.31. The second-order valence-corrected chi connectivity index (χ2v) is 5.27. The third-order valence-electron chi connectivity index (χ3n) is 3.94. The van der Waals surface area contributed by atoms with Crippen molar-refractivity contribution < 1.29 is 9.47 Å². The summed E-state index contributed by atoms with van der Waals surface area (Å²) in [6.07, 6.45) is 1.25. The molecule has 21 heavy (non-hydrogen) atoms. The number of rotatable bonds is 4. The predicted molar refractivity (Wildman–Crippen MR) is 77.7 cm³/mol. The highest BCUT2D eigenvalue weighted by Gasteiger charge is 2.26. The molecule has 0 saturated carbocycles. The Bertz CT molecular complexity index is 628. The van der Waals surface area contributed by atoms with Crippen LogP contribution in [-0.2, 0) is 11.3 Å². The average molecular weight is 289 g/mol. The van der Waals surface area contributed by atoms with E-state index in [1.54, 1.807) is 17.9 Å². The van der Waals surface area contributed by atoms with Crippen LogP contribution in [0.5, 0.6) is 5.75 Å². The summed E-state index contributed by atoms with van der Waals surface area (Å²) in [7, 11) is 1.62. The molecule has 1 aliphatic heterocycles. The third-order valence-corrected chi connectivity index (χ3v) is 3.94. The van der Waals surface area contributed by atoms with Gasteiger partial charge in [-0.1, -0.05) is 0 Å². The number of nitrogens with two attached hydrogens (primary N) is 1. The van der Waals surface area contributed by atoms with Crippen LogP contribution in [0.25, 0.3) is 11.4 Å². The number of anilines is 1. The molecule has 2 unspecified atom stereocenters. The van der Waals surface area contributed by atoms with Crippen molar-refractivity contribution in [2.75, 3.05) is 19.5 Å². The van der Waals surface area contributed by atoms with E-state index in [9.17, 15) is 0 Å². The van der Waals surface area contributed by atoms with Gasteiger partial charge in [0.1, 0.15) is 5.75 Å². The van der Waals surface area contributed by atoms with E-state index in [1.807, 2.05) is 12.1 Å². The fourth-order valence-electron chi connectivity index (χ4n) is 2.66. The average Bonchev–Trinajstić information content (AvgIpc) is 3.09. The number of aromatic nitrogens is 4. The summed E-state index contributed by atoms with van der Waals surface area (Å²) in [5, 5.41) is 12.0. The lowest BCUT2D eigenvalue weighted by Crippen LogP contribution is -2.19. The summed E-state index contributed by atoms with van der Waals surface area (Å²) in [4.78, 5) is 0. The minimum absolute atomic E-state index is 0.227. The lowest BCUT2D eigenvalue weighted by molar-refractivity contribution is 0.101. The van der Waals surface area contributed by atoms with Gasteiger partial charge in [0, 0.05) is 18.2 Å². The molecule has 1 saturated heterocycles. The van der Waals surface area contributed by atoms with Gasteiger partial charge in [0.2, 0.25) is 0 Å². The number of nitrogen functional groups attached to an aromatic ring is 1. The maximum absolute atomic E-state index is 5.87. The largest absolute Gasteiger partial charge is 0.496 e. The van der Waals surface area contributed by atoms with E-state index in [-0.39, 0.29) is 6.10 Å². The Morgan fingerprint density at radius 2 is 2.33 bits per heavy atom. The second kappa shape index (κ2) is 5.69. The number of hydrogen-bond donors (Lipinski definition) is 1. The number of benzene rings is 1. The number of hydrogen-bond acceptors (Lipinski definition) is 6.